The van der Waals surface area contributed by atoms with Crippen LogP contribution in [0.3, 0.4) is 0 Å². The van der Waals surface area contributed by atoms with Gasteiger partial charge in [0.15, 0.2) is 5.78 Å². The minimum absolute atomic E-state index is 0.194. The van der Waals surface area contributed by atoms with Gasteiger partial charge >= 0.3 is 0 Å². The second kappa shape index (κ2) is 5.63. The molecule has 1 aromatic carbocycles. The number of carbonyl (C=O) groups excluding carboxylic acids is 2. The van der Waals surface area contributed by atoms with Gasteiger partial charge in [-0.25, -0.2) is 0 Å². The van der Waals surface area contributed by atoms with Gasteiger partial charge in [0, 0.05) is 11.8 Å². The quantitative estimate of drug-likeness (QED) is 0.849. The van der Waals surface area contributed by atoms with Crippen LogP contribution in [-0.4, -0.2) is 18.7 Å². The van der Waals surface area contributed by atoms with E-state index in [4.69, 9.17) is 4.74 Å². The number of fused-ring (bicyclic) bond motifs is 1. The van der Waals surface area contributed by atoms with Crippen molar-refractivity contribution in [3.05, 3.63) is 41.5 Å². The number of Topliss-reactive ketones (excluding diaryl/α,β-unsaturated/α-hetero) is 1. The Kier molecular flexibility index (Phi) is 3.91. The molecule has 0 bridgehead atoms. The number of methoxy groups -OCH3 is 1. The maximum absolute atomic E-state index is 12.7. The normalized spacial score (nSPS) is 29.7. The highest BCUT2D eigenvalue weighted by Gasteiger charge is 2.42. The van der Waals surface area contributed by atoms with Crippen molar-refractivity contribution in [1.82, 2.24) is 0 Å². The number of rotatable bonds is 4. The molecule has 0 heterocycles. The first-order valence-electron chi connectivity index (χ1n) is 8.31. The monoisotopic (exact) mass is 312 g/mol. The van der Waals surface area contributed by atoms with Crippen LogP contribution in [0.5, 0.6) is 5.75 Å². The molecule has 2 atom stereocenters. The number of aryl methyl sites for hydroxylation is 1. The number of carbonyl (C=O) groups is 2. The van der Waals surface area contributed by atoms with Gasteiger partial charge in [-0.2, -0.15) is 0 Å². The number of ketones is 2. The number of hydrogen-bond donors (Lipinski definition) is 0. The largest absolute Gasteiger partial charge is 0.497 e. The molecule has 0 fully saturated rings. The lowest BCUT2D eigenvalue weighted by Crippen LogP contribution is -2.39. The zero-order chi connectivity index (χ0) is 16.7. The molecule has 23 heavy (non-hydrogen) atoms. The van der Waals surface area contributed by atoms with E-state index in [9.17, 15) is 9.59 Å². The predicted octanol–water partition coefficient (Wildman–Crippen LogP) is 3.78. The molecule has 3 rings (SSSR count). The van der Waals surface area contributed by atoms with Gasteiger partial charge in [0.2, 0.25) is 0 Å². The first-order valence-corrected chi connectivity index (χ1v) is 8.31. The minimum Gasteiger partial charge on any atom is -0.497 e. The molecule has 2 aliphatic carbocycles. The van der Waals surface area contributed by atoms with Gasteiger partial charge in [-0.15, -0.1) is 0 Å². The zero-order valence-corrected chi connectivity index (χ0v) is 14.1. The Labute approximate surface area is 137 Å². The van der Waals surface area contributed by atoms with Gasteiger partial charge in [-0.05, 0) is 61.9 Å². The van der Waals surface area contributed by atoms with Crippen molar-refractivity contribution in [1.29, 1.82) is 0 Å². The highest BCUT2D eigenvalue weighted by Crippen LogP contribution is 2.44. The third-order valence-electron chi connectivity index (χ3n) is 5.75. The van der Waals surface area contributed by atoms with Crippen LogP contribution in [0.4, 0.5) is 0 Å². The van der Waals surface area contributed by atoms with Crippen molar-refractivity contribution in [3.63, 3.8) is 0 Å². The molecule has 1 aromatic rings. The van der Waals surface area contributed by atoms with Crippen LogP contribution in [0.25, 0.3) is 0 Å². The summed E-state index contributed by atoms with van der Waals surface area (Å²) in [5, 5.41) is 0. The van der Waals surface area contributed by atoms with E-state index in [0.717, 1.165) is 37.0 Å². The van der Waals surface area contributed by atoms with Crippen molar-refractivity contribution < 1.29 is 14.3 Å². The van der Waals surface area contributed by atoms with Gasteiger partial charge in [-0.1, -0.05) is 19.1 Å². The molecular formula is C20H24O3. The fourth-order valence-corrected chi connectivity index (χ4v) is 3.87. The average Bonchev–Trinajstić information content (AvgIpc) is 2.89. The Balaban J connectivity index is 1.88. The van der Waals surface area contributed by atoms with Crippen LogP contribution in [0.1, 0.15) is 50.7 Å². The Morgan fingerprint density at radius 1 is 1.13 bits per heavy atom. The number of hydrogen-bond acceptors (Lipinski definition) is 3. The van der Waals surface area contributed by atoms with Crippen LogP contribution < -0.4 is 4.74 Å². The first-order chi connectivity index (χ1) is 10.9. The van der Waals surface area contributed by atoms with Gasteiger partial charge in [0.05, 0.1) is 12.5 Å². The molecule has 0 aliphatic heterocycles. The van der Waals surface area contributed by atoms with Crippen molar-refractivity contribution >= 4 is 11.6 Å². The summed E-state index contributed by atoms with van der Waals surface area (Å²) in [6, 6.07) is 6.01. The lowest BCUT2D eigenvalue weighted by atomic mass is 9.65. The molecule has 3 nitrogen and oxygen atoms in total. The third-order valence-corrected chi connectivity index (χ3v) is 5.75. The number of allylic oxidation sites excluding steroid dienone is 2. The second-order valence-electron chi connectivity index (χ2n) is 7.31. The molecule has 2 aliphatic rings. The Hall–Kier alpha value is -1.90. The molecule has 0 saturated heterocycles. The van der Waals surface area contributed by atoms with E-state index >= 15 is 0 Å². The predicted molar refractivity (Wildman–Crippen MR) is 89.8 cm³/mol. The summed E-state index contributed by atoms with van der Waals surface area (Å²) < 4.78 is 5.31. The third kappa shape index (κ3) is 2.62. The van der Waals surface area contributed by atoms with Gasteiger partial charge in [0.25, 0.3) is 0 Å². The van der Waals surface area contributed by atoms with Crippen LogP contribution in [-0.2, 0) is 21.4 Å². The van der Waals surface area contributed by atoms with E-state index in [1.165, 1.54) is 5.56 Å². The fraction of sp³-hybridized carbons (Fsp3) is 0.500. The molecular weight excluding hydrogens is 288 g/mol. The molecule has 0 aromatic heterocycles. The molecule has 0 radical (unpaired) electrons. The number of benzene rings is 1. The highest BCUT2D eigenvalue weighted by molar-refractivity contribution is 5.97. The summed E-state index contributed by atoms with van der Waals surface area (Å²) in [6.07, 6.45) is 7.22. The van der Waals surface area contributed by atoms with E-state index < -0.39 is 5.41 Å². The zero-order valence-electron chi connectivity index (χ0n) is 14.1. The minimum atomic E-state index is -0.494. The van der Waals surface area contributed by atoms with E-state index in [-0.39, 0.29) is 17.0 Å². The van der Waals surface area contributed by atoms with Crippen molar-refractivity contribution in [2.24, 2.45) is 5.41 Å². The molecule has 0 unspecified atom stereocenters. The number of ether oxygens (including phenoxy) is 1. The summed E-state index contributed by atoms with van der Waals surface area (Å²) in [5.41, 5.74) is 1.48. The maximum Gasteiger partial charge on any atom is 0.161 e. The van der Waals surface area contributed by atoms with Crippen molar-refractivity contribution in [3.8, 4) is 5.75 Å². The van der Waals surface area contributed by atoms with E-state index in [1.54, 1.807) is 13.2 Å². The van der Waals surface area contributed by atoms with Gasteiger partial charge in [-0.3, -0.25) is 9.59 Å². The van der Waals surface area contributed by atoms with Crippen LogP contribution >= 0.6 is 0 Å². The molecule has 0 amide bonds. The Morgan fingerprint density at radius 3 is 2.57 bits per heavy atom. The topological polar surface area (TPSA) is 43.4 Å². The summed E-state index contributed by atoms with van der Waals surface area (Å²) in [4.78, 5) is 24.8. The molecule has 122 valence electrons. The highest BCUT2D eigenvalue weighted by atomic mass is 16.5. The summed E-state index contributed by atoms with van der Waals surface area (Å²) in [7, 11) is 1.66. The molecule has 0 N–H and O–H groups in total. The van der Waals surface area contributed by atoms with E-state index in [1.807, 2.05) is 38.1 Å². The van der Waals surface area contributed by atoms with E-state index in [2.05, 4.69) is 0 Å². The van der Waals surface area contributed by atoms with Crippen LogP contribution in [0.2, 0.25) is 0 Å². The SMILES string of the molecule is COc1ccc2c(c1)CCC(=O)[C@@]2(C)CC[C@@]1(C)CC=CC1=O. The molecule has 0 saturated carbocycles. The lowest BCUT2D eigenvalue weighted by Gasteiger charge is -2.37. The van der Waals surface area contributed by atoms with Crippen molar-refractivity contribution in [2.75, 3.05) is 7.11 Å². The first kappa shape index (κ1) is 16.0. The molecule has 3 heteroatoms. The standard InChI is InChI=1S/C20H24O3/c1-19(10-4-5-17(19)21)11-12-20(2)16-8-7-15(23-3)13-14(16)6-9-18(20)22/h4-5,7-8,13H,6,9-12H2,1-3H3/t19-,20+/m1/s1. The second-order valence-corrected chi connectivity index (χ2v) is 7.31. The van der Waals surface area contributed by atoms with Gasteiger partial charge in [0.1, 0.15) is 11.5 Å². The van der Waals surface area contributed by atoms with Gasteiger partial charge < -0.3 is 4.74 Å². The van der Waals surface area contributed by atoms with Crippen LogP contribution in [0, 0.1) is 5.41 Å². The van der Waals surface area contributed by atoms with Crippen LogP contribution in [0.15, 0.2) is 30.4 Å². The maximum atomic E-state index is 12.7. The summed E-state index contributed by atoms with van der Waals surface area (Å²) in [6.45, 7) is 4.05. The summed E-state index contributed by atoms with van der Waals surface area (Å²) in [5.74, 6) is 1.32. The summed E-state index contributed by atoms with van der Waals surface area (Å²) >= 11 is 0. The fourth-order valence-electron chi connectivity index (χ4n) is 3.87. The van der Waals surface area contributed by atoms with E-state index in [0.29, 0.717) is 6.42 Å². The average molecular weight is 312 g/mol. The Bertz CT molecular complexity index is 688. The lowest BCUT2D eigenvalue weighted by molar-refractivity contribution is -0.127. The molecule has 0 spiro atoms. The Morgan fingerprint density at radius 2 is 1.91 bits per heavy atom. The van der Waals surface area contributed by atoms with Crippen molar-refractivity contribution in [2.45, 2.75) is 51.4 Å². The smallest absolute Gasteiger partial charge is 0.161 e.